The molecule has 22 heavy (non-hydrogen) atoms. The third kappa shape index (κ3) is 3.14. The molecule has 0 saturated heterocycles. The number of hydrogen-bond donors (Lipinski definition) is 1. The van der Waals surface area contributed by atoms with Gasteiger partial charge >= 0.3 is 0 Å². The highest BCUT2D eigenvalue weighted by molar-refractivity contribution is 7.99. The molecule has 2 aromatic carbocycles. The predicted octanol–water partition coefficient (Wildman–Crippen LogP) is 4.88. The van der Waals surface area contributed by atoms with E-state index in [0.29, 0.717) is 10.8 Å². The Balaban J connectivity index is 1.86. The highest BCUT2D eigenvalue weighted by Gasteiger charge is 2.13. The number of fused-ring (bicyclic) bond motifs is 1. The zero-order chi connectivity index (χ0) is 15.4. The molecule has 0 aliphatic rings. The maximum absolute atomic E-state index is 10.3. The Morgan fingerprint density at radius 1 is 1.14 bits per heavy atom. The van der Waals surface area contributed by atoms with Gasteiger partial charge in [0.1, 0.15) is 22.4 Å². The van der Waals surface area contributed by atoms with Crippen LogP contribution in [0, 0.1) is 11.3 Å². The summed E-state index contributed by atoms with van der Waals surface area (Å²) in [5, 5.41) is 20.2. The van der Waals surface area contributed by atoms with Crippen LogP contribution in [0.3, 0.4) is 0 Å². The van der Waals surface area contributed by atoms with E-state index in [1.54, 1.807) is 0 Å². The monoisotopic (exact) mass is 324 g/mol. The number of aliphatic hydroxyl groups excluding tert-OH is 1. The standard InChI is InChI=1S/C17H12N2OS2/c18-10-13(15(20)11-21-12-6-2-1-3-7-12)17-19-14-8-4-5-9-16(14)22-17/h1-9,20H,11H2/b15-13+. The second kappa shape index (κ2) is 6.65. The zero-order valence-electron chi connectivity index (χ0n) is 11.6. The van der Waals surface area contributed by atoms with Crippen molar-refractivity contribution in [3.05, 3.63) is 65.4 Å². The highest BCUT2D eigenvalue weighted by Crippen LogP contribution is 2.29. The number of nitriles is 1. The van der Waals surface area contributed by atoms with Gasteiger partial charge in [0.25, 0.3) is 0 Å². The summed E-state index contributed by atoms with van der Waals surface area (Å²) in [6.07, 6.45) is 0. The van der Waals surface area contributed by atoms with E-state index in [2.05, 4.69) is 11.1 Å². The van der Waals surface area contributed by atoms with E-state index in [1.165, 1.54) is 23.1 Å². The van der Waals surface area contributed by atoms with Crippen LogP contribution < -0.4 is 0 Å². The maximum atomic E-state index is 10.3. The van der Waals surface area contributed by atoms with Crippen LogP contribution in [0.15, 0.2) is 65.3 Å². The minimum absolute atomic E-state index is 0.0652. The van der Waals surface area contributed by atoms with Crippen LogP contribution in [0.5, 0.6) is 0 Å². The molecule has 0 aliphatic carbocycles. The van der Waals surface area contributed by atoms with Crippen molar-refractivity contribution in [2.24, 2.45) is 0 Å². The molecule has 0 spiro atoms. The first-order valence-corrected chi connectivity index (χ1v) is 8.44. The van der Waals surface area contributed by atoms with Gasteiger partial charge in [-0.1, -0.05) is 30.3 Å². The number of thioether (sulfide) groups is 1. The van der Waals surface area contributed by atoms with E-state index in [1.807, 2.05) is 54.6 Å². The number of thiazole rings is 1. The van der Waals surface area contributed by atoms with Crippen LogP contribution in [0.1, 0.15) is 5.01 Å². The van der Waals surface area contributed by atoms with Gasteiger partial charge in [-0.25, -0.2) is 4.98 Å². The second-order valence-electron chi connectivity index (χ2n) is 4.52. The van der Waals surface area contributed by atoms with Crippen molar-refractivity contribution in [3.63, 3.8) is 0 Å². The molecule has 1 heterocycles. The first-order valence-electron chi connectivity index (χ1n) is 6.64. The summed E-state index contributed by atoms with van der Waals surface area (Å²) in [7, 11) is 0. The van der Waals surface area contributed by atoms with E-state index in [4.69, 9.17) is 0 Å². The van der Waals surface area contributed by atoms with Gasteiger partial charge in [-0.05, 0) is 24.3 Å². The van der Waals surface area contributed by atoms with E-state index in [0.717, 1.165) is 15.1 Å². The lowest BCUT2D eigenvalue weighted by molar-refractivity contribution is 0.421. The number of nitrogens with zero attached hydrogens (tertiary/aromatic N) is 2. The summed E-state index contributed by atoms with van der Waals surface area (Å²) in [4.78, 5) is 5.48. The molecule has 0 bridgehead atoms. The lowest BCUT2D eigenvalue weighted by atomic mass is 10.2. The van der Waals surface area contributed by atoms with Crippen molar-refractivity contribution in [2.75, 3.05) is 5.75 Å². The van der Waals surface area contributed by atoms with Crippen molar-refractivity contribution in [1.82, 2.24) is 4.98 Å². The molecular formula is C17H12N2OS2. The molecule has 0 saturated carbocycles. The number of para-hydroxylation sites is 1. The Hall–Kier alpha value is -2.29. The molecule has 3 rings (SSSR count). The summed E-state index contributed by atoms with van der Waals surface area (Å²) in [6.45, 7) is 0. The van der Waals surface area contributed by atoms with Crippen molar-refractivity contribution in [2.45, 2.75) is 4.90 Å². The van der Waals surface area contributed by atoms with Gasteiger partial charge in [0.05, 0.1) is 16.0 Å². The number of aliphatic hydroxyl groups is 1. The van der Waals surface area contributed by atoms with Gasteiger partial charge in [0.2, 0.25) is 0 Å². The van der Waals surface area contributed by atoms with E-state index in [-0.39, 0.29) is 11.3 Å². The average Bonchev–Trinajstić information content (AvgIpc) is 2.98. The van der Waals surface area contributed by atoms with E-state index >= 15 is 0 Å². The predicted molar refractivity (Wildman–Crippen MR) is 91.9 cm³/mol. The van der Waals surface area contributed by atoms with Crippen LogP contribution in [0.25, 0.3) is 15.8 Å². The molecule has 0 unspecified atom stereocenters. The minimum atomic E-state index is 0.0652. The Kier molecular flexibility index (Phi) is 4.42. The third-order valence-corrected chi connectivity index (χ3v) is 5.10. The quantitative estimate of drug-likeness (QED) is 0.422. The lowest BCUT2D eigenvalue weighted by Crippen LogP contribution is -1.92. The van der Waals surface area contributed by atoms with Crippen LogP contribution in [-0.4, -0.2) is 15.8 Å². The lowest BCUT2D eigenvalue weighted by Gasteiger charge is -2.02. The van der Waals surface area contributed by atoms with E-state index in [9.17, 15) is 10.4 Å². The molecule has 0 atom stereocenters. The number of allylic oxidation sites excluding steroid dienone is 1. The van der Waals surface area contributed by atoms with Gasteiger partial charge in [-0.15, -0.1) is 23.1 Å². The van der Waals surface area contributed by atoms with Crippen molar-refractivity contribution in [1.29, 1.82) is 5.26 Å². The van der Waals surface area contributed by atoms with Gasteiger partial charge in [-0.3, -0.25) is 0 Å². The third-order valence-electron chi connectivity index (χ3n) is 3.03. The van der Waals surface area contributed by atoms with Crippen LogP contribution in [0.2, 0.25) is 0 Å². The molecule has 108 valence electrons. The zero-order valence-corrected chi connectivity index (χ0v) is 13.2. The Bertz CT molecular complexity index is 830. The molecular weight excluding hydrogens is 312 g/mol. The number of benzene rings is 2. The number of hydrogen-bond acceptors (Lipinski definition) is 5. The van der Waals surface area contributed by atoms with Crippen LogP contribution in [-0.2, 0) is 0 Å². The second-order valence-corrected chi connectivity index (χ2v) is 6.60. The smallest absolute Gasteiger partial charge is 0.138 e. The Morgan fingerprint density at radius 3 is 2.59 bits per heavy atom. The molecule has 5 heteroatoms. The minimum Gasteiger partial charge on any atom is -0.510 e. The first-order chi connectivity index (χ1) is 10.8. The highest BCUT2D eigenvalue weighted by atomic mass is 32.2. The summed E-state index contributed by atoms with van der Waals surface area (Å²) in [6, 6.07) is 19.6. The largest absolute Gasteiger partial charge is 0.510 e. The van der Waals surface area contributed by atoms with Gasteiger partial charge in [0.15, 0.2) is 0 Å². The van der Waals surface area contributed by atoms with Crippen molar-refractivity contribution >= 4 is 38.9 Å². The fourth-order valence-corrected chi connectivity index (χ4v) is 3.74. The Labute approximate surface area is 136 Å². The van der Waals surface area contributed by atoms with Crippen molar-refractivity contribution < 1.29 is 5.11 Å². The first kappa shape index (κ1) is 14.6. The number of aromatic nitrogens is 1. The number of rotatable bonds is 4. The maximum Gasteiger partial charge on any atom is 0.138 e. The molecule has 1 aromatic heterocycles. The fraction of sp³-hybridized carbons (Fsp3) is 0.0588. The van der Waals surface area contributed by atoms with E-state index < -0.39 is 0 Å². The summed E-state index contributed by atoms with van der Waals surface area (Å²) in [5.74, 6) is 0.415. The van der Waals surface area contributed by atoms with Gasteiger partial charge in [0, 0.05) is 4.90 Å². The summed E-state index contributed by atoms with van der Waals surface area (Å²) < 4.78 is 1.01. The van der Waals surface area contributed by atoms with Gasteiger partial charge in [-0.2, -0.15) is 5.26 Å². The van der Waals surface area contributed by atoms with Gasteiger partial charge < -0.3 is 5.11 Å². The van der Waals surface area contributed by atoms with Crippen LogP contribution >= 0.6 is 23.1 Å². The fourth-order valence-electron chi connectivity index (χ4n) is 1.96. The topological polar surface area (TPSA) is 56.9 Å². The molecule has 0 aliphatic heterocycles. The van der Waals surface area contributed by atoms with Crippen LogP contribution in [0.4, 0.5) is 0 Å². The molecule has 0 radical (unpaired) electrons. The van der Waals surface area contributed by atoms with Crippen molar-refractivity contribution in [3.8, 4) is 6.07 Å². The molecule has 3 nitrogen and oxygen atoms in total. The normalized spacial score (nSPS) is 12.0. The Morgan fingerprint density at radius 2 is 1.86 bits per heavy atom. The SMILES string of the molecule is N#C/C(=C(\O)CSc1ccccc1)c1nc2ccccc2s1. The molecule has 3 aromatic rings. The molecule has 1 N–H and O–H groups in total. The summed E-state index contributed by atoms with van der Waals surface area (Å²) in [5.41, 5.74) is 1.10. The summed E-state index contributed by atoms with van der Waals surface area (Å²) >= 11 is 2.91. The molecule has 0 fully saturated rings. The average molecular weight is 324 g/mol. The molecule has 0 amide bonds.